The SMILES string of the molecule is CC1CCN(C(=O)C(C)(C)O)C1CO. The van der Waals surface area contributed by atoms with Crippen LogP contribution < -0.4 is 0 Å². The van der Waals surface area contributed by atoms with Gasteiger partial charge in [0.2, 0.25) is 0 Å². The minimum absolute atomic E-state index is 0.0248. The van der Waals surface area contributed by atoms with E-state index in [9.17, 15) is 9.90 Å². The summed E-state index contributed by atoms with van der Waals surface area (Å²) in [6.07, 6.45) is 0.896. The maximum absolute atomic E-state index is 11.7. The van der Waals surface area contributed by atoms with E-state index in [1.165, 1.54) is 13.8 Å². The summed E-state index contributed by atoms with van der Waals surface area (Å²) in [7, 11) is 0. The van der Waals surface area contributed by atoms with Crippen molar-refractivity contribution in [3.63, 3.8) is 0 Å². The van der Waals surface area contributed by atoms with Crippen molar-refractivity contribution < 1.29 is 15.0 Å². The van der Waals surface area contributed by atoms with E-state index < -0.39 is 5.60 Å². The zero-order chi connectivity index (χ0) is 10.9. The second kappa shape index (κ2) is 3.87. The van der Waals surface area contributed by atoms with Gasteiger partial charge < -0.3 is 15.1 Å². The van der Waals surface area contributed by atoms with Crippen molar-refractivity contribution in [2.45, 2.75) is 38.8 Å². The van der Waals surface area contributed by atoms with Gasteiger partial charge in [-0.3, -0.25) is 4.79 Å². The largest absolute Gasteiger partial charge is 0.394 e. The van der Waals surface area contributed by atoms with E-state index in [-0.39, 0.29) is 18.6 Å². The lowest BCUT2D eigenvalue weighted by atomic mass is 10.0. The molecule has 14 heavy (non-hydrogen) atoms. The van der Waals surface area contributed by atoms with Crippen molar-refractivity contribution >= 4 is 5.91 Å². The van der Waals surface area contributed by atoms with Crippen molar-refractivity contribution in [1.29, 1.82) is 0 Å². The standard InChI is InChI=1S/C10H19NO3/c1-7-4-5-11(8(7)6-12)9(13)10(2,3)14/h7-8,12,14H,4-6H2,1-3H3. The minimum Gasteiger partial charge on any atom is -0.394 e. The summed E-state index contributed by atoms with van der Waals surface area (Å²) in [6, 6.07) is -0.131. The topological polar surface area (TPSA) is 60.8 Å². The fraction of sp³-hybridized carbons (Fsp3) is 0.900. The van der Waals surface area contributed by atoms with Gasteiger partial charge in [-0.15, -0.1) is 0 Å². The predicted octanol–water partition coefficient (Wildman–Crippen LogP) is -0.0134. The molecule has 0 spiro atoms. The maximum atomic E-state index is 11.7. The van der Waals surface area contributed by atoms with Gasteiger partial charge in [0, 0.05) is 6.54 Å². The number of hydrogen-bond donors (Lipinski definition) is 2. The van der Waals surface area contributed by atoms with Gasteiger partial charge in [-0.1, -0.05) is 6.92 Å². The highest BCUT2D eigenvalue weighted by Crippen LogP contribution is 2.25. The Balaban J connectivity index is 2.74. The van der Waals surface area contributed by atoms with Crippen molar-refractivity contribution in [3.05, 3.63) is 0 Å². The smallest absolute Gasteiger partial charge is 0.254 e. The molecule has 2 atom stereocenters. The summed E-state index contributed by atoms with van der Waals surface area (Å²) >= 11 is 0. The Bertz CT molecular complexity index is 222. The van der Waals surface area contributed by atoms with Gasteiger partial charge in [-0.25, -0.2) is 0 Å². The third-order valence-corrected chi connectivity index (χ3v) is 2.85. The van der Waals surface area contributed by atoms with E-state index in [4.69, 9.17) is 5.11 Å². The molecule has 0 aliphatic carbocycles. The fourth-order valence-corrected chi connectivity index (χ4v) is 1.89. The van der Waals surface area contributed by atoms with Crippen molar-refractivity contribution in [1.82, 2.24) is 4.90 Å². The first-order valence-corrected chi connectivity index (χ1v) is 5.02. The summed E-state index contributed by atoms with van der Waals surface area (Å²) in [5.74, 6) is 0.0206. The van der Waals surface area contributed by atoms with Crippen molar-refractivity contribution in [2.24, 2.45) is 5.92 Å². The third kappa shape index (κ3) is 2.07. The van der Waals surface area contributed by atoms with E-state index in [2.05, 4.69) is 0 Å². The zero-order valence-corrected chi connectivity index (χ0v) is 9.03. The van der Waals surface area contributed by atoms with E-state index in [1.807, 2.05) is 6.92 Å². The molecule has 4 nitrogen and oxygen atoms in total. The number of carbonyl (C=O) groups is 1. The molecule has 1 rings (SSSR count). The Hall–Kier alpha value is -0.610. The van der Waals surface area contributed by atoms with E-state index in [0.29, 0.717) is 12.5 Å². The van der Waals surface area contributed by atoms with Crippen LogP contribution in [0.15, 0.2) is 0 Å². The molecule has 0 saturated carbocycles. The Morgan fingerprint density at radius 2 is 2.14 bits per heavy atom. The normalized spacial score (nSPS) is 28.2. The number of aliphatic hydroxyl groups is 2. The number of aliphatic hydroxyl groups excluding tert-OH is 1. The Morgan fingerprint density at radius 3 is 2.57 bits per heavy atom. The second-order valence-corrected chi connectivity index (χ2v) is 4.57. The van der Waals surface area contributed by atoms with E-state index in [1.54, 1.807) is 4.90 Å². The van der Waals surface area contributed by atoms with E-state index >= 15 is 0 Å². The van der Waals surface area contributed by atoms with Crippen LogP contribution in [0.3, 0.4) is 0 Å². The Morgan fingerprint density at radius 1 is 1.57 bits per heavy atom. The quantitative estimate of drug-likeness (QED) is 0.660. The zero-order valence-electron chi connectivity index (χ0n) is 9.03. The second-order valence-electron chi connectivity index (χ2n) is 4.57. The molecule has 0 aromatic heterocycles. The maximum Gasteiger partial charge on any atom is 0.254 e. The van der Waals surface area contributed by atoms with Gasteiger partial charge in [0.1, 0.15) is 5.60 Å². The number of nitrogens with zero attached hydrogens (tertiary/aromatic N) is 1. The monoisotopic (exact) mass is 201 g/mol. The molecule has 0 bridgehead atoms. The van der Waals surface area contributed by atoms with Gasteiger partial charge in [-0.2, -0.15) is 0 Å². The summed E-state index contributed by atoms with van der Waals surface area (Å²) in [6.45, 7) is 5.58. The first-order chi connectivity index (χ1) is 6.38. The molecule has 1 heterocycles. The fourth-order valence-electron chi connectivity index (χ4n) is 1.89. The van der Waals surface area contributed by atoms with Crippen LogP contribution in [0, 0.1) is 5.92 Å². The van der Waals surface area contributed by atoms with Crippen LogP contribution in [0.5, 0.6) is 0 Å². The van der Waals surface area contributed by atoms with Crippen LogP contribution in [0.2, 0.25) is 0 Å². The van der Waals surface area contributed by atoms with Crippen LogP contribution in [0.4, 0.5) is 0 Å². The molecule has 1 fully saturated rings. The Labute approximate surface area is 84.5 Å². The number of rotatable bonds is 2. The third-order valence-electron chi connectivity index (χ3n) is 2.85. The van der Waals surface area contributed by atoms with Crippen LogP contribution >= 0.6 is 0 Å². The highest BCUT2D eigenvalue weighted by atomic mass is 16.3. The van der Waals surface area contributed by atoms with Gasteiger partial charge in [0.05, 0.1) is 12.6 Å². The summed E-state index contributed by atoms with van der Waals surface area (Å²) < 4.78 is 0. The highest BCUT2D eigenvalue weighted by Gasteiger charge is 2.39. The molecule has 0 radical (unpaired) electrons. The molecule has 2 unspecified atom stereocenters. The molecule has 1 amide bonds. The number of hydrogen-bond acceptors (Lipinski definition) is 3. The summed E-state index contributed by atoms with van der Waals surface area (Å²) in [4.78, 5) is 13.3. The number of likely N-dealkylation sites (tertiary alicyclic amines) is 1. The first kappa shape index (κ1) is 11.5. The van der Waals surface area contributed by atoms with Crippen LogP contribution in [-0.4, -0.2) is 45.8 Å². The minimum atomic E-state index is -1.34. The molecule has 82 valence electrons. The lowest BCUT2D eigenvalue weighted by molar-refractivity contribution is -0.149. The first-order valence-electron chi connectivity index (χ1n) is 5.02. The van der Waals surface area contributed by atoms with Gasteiger partial charge in [0.25, 0.3) is 5.91 Å². The number of carbonyl (C=O) groups excluding carboxylic acids is 1. The van der Waals surface area contributed by atoms with Crippen LogP contribution in [0.1, 0.15) is 27.2 Å². The molecule has 0 aromatic rings. The molecule has 4 heteroatoms. The predicted molar refractivity (Wildman–Crippen MR) is 52.7 cm³/mol. The lowest BCUT2D eigenvalue weighted by Crippen LogP contribution is -2.49. The molecule has 1 aliphatic rings. The van der Waals surface area contributed by atoms with Crippen molar-refractivity contribution in [3.8, 4) is 0 Å². The lowest BCUT2D eigenvalue weighted by Gasteiger charge is -2.30. The van der Waals surface area contributed by atoms with Gasteiger partial charge in [0.15, 0.2) is 0 Å². The van der Waals surface area contributed by atoms with Crippen LogP contribution in [-0.2, 0) is 4.79 Å². The van der Waals surface area contributed by atoms with Crippen molar-refractivity contribution in [2.75, 3.05) is 13.2 Å². The highest BCUT2D eigenvalue weighted by molar-refractivity contribution is 5.84. The Kier molecular flexibility index (Phi) is 3.17. The summed E-state index contributed by atoms with van der Waals surface area (Å²) in [5.41, 5.74) is -1.34. The number of amides is 1. The average molecular weight is 201 g/mol. The molecule has 1 saturated heterocycles. The molecule has 2 N–H and O–H groups in total. The molecule has 1 aliphatic heterocycles. The average Bonchev–Trinajstić information content (AvgIpc) is 2.43. The molecular weight excluding hydrogens is 182 g/mol. The van der Waals surface area contributed by atoms with Gasteiger partial charge in [-0.05, 0) is 26.2 Å². The molecule has 0 aromatic carbocycles. The van der Waals surface area contributed by atoms with Crippen LogP contribution in [0.25, 0.3) is 0 Å². The van der Waals surface area contributed by atoms with Gasteiger partial charge >= 0.3 is 0 Å². The van der Waals surface area contributed by atoms with E-state index in [0.717, 1.165) is 6.42 Å². The summed E-state index contributed by atoms with van der Waals surface area (Å²) in [5, 5.41) is 18.7. The molecular formula is C10H19NO3.